The molecular weight excluding hydrogens is 309 g/mol. The van der Waals surface area contributed by atoms with Gasteiger partial charge in [0.2, 0.25) is 0 Å². The zero-order valence-electron chi connectivity index (χ0n) is 11.3. The van der Waals surface area contributed by atoms with Gasteiger partial charge in [-0.3, -0.25) is 0 Å². The van der Waals surface area contributed by atoms with E-state index in [0.29, 0.717) is 12.8 Å². The fourth-order valence-electron chi connectivity index (χ4n) is 1.68. The number of hydrogen-bond donors (Lipinski definition) is 3. The average molecular weight is 325 g/mol. The number of anilines is 1. The minimum Gasteiger partial charge on any atom is -0.396 e. The highest BCUT2D eigenvalue weighted by Crippen LogP contribution is 2.36. The maximum Gasteiger partial charge on any atom is 0.417 e. The van der Waals surface area contributed by atoms with Crippen LogP contribution in [0.1, 0.15) is 25.3 Å². The van der Waals surface area contributed by atoms with Gasteiger partial charge in [-0.15, -0.1) is 0 Å². The quantitative estimate of drug-likeness (QED) is 0.774. The van der Waals surface area contributed by atoms with Crippen LogP contribution in [0.3, 0.4) is 0 Å². The van der Waals surface area contributed by atoms with Crippen molar-refractivity contribution in [2.75, 3.05) is 11.9 Å². The predicted octanol–water partition coefficient (Wildman–Crippen LogP) is 3.64. The first kappa shape index (κ1) is 17.6. The van der Waals surface area contributed by atoms with Crippen LogP contribution in [-0.4, -0.2) is 23.8 Å². The summed E-state index contributed by atoms with van der Waals surface area (Å²) in [6, 6.07) is 2.33. The maximum atomic E-state index is 12.7. The fraction of sp³-hybridized carbons (Fsp3) is 0.462. The second-order valence-electron chi connectivity index (χ2n) is 4.56. The van der Waals surface area contributed by atoms with Crippen molar-refractivity contribution in [1.82, 2.24) is 5.32 Å². The summed E-state index contributed by atoms with van der Waals surface area (Å²) < 4.78 is 38.0. The monoisotopic (exact) mass is 324 g/mol. The molecule has 0 saturated carbocycles. The van der Waals surface area contributed by atoms with Gasteiger partial charge < -0.3 is 15.7 Å². The summed E-state index contributed by atoms with van der Waals surface area (Å²) in [5.74, 6) is 0. The molecule has 0 aliphatic heterocycles. The summed E-state index contributed by atoms with van der Waals surface area (Å²) in [6.07, 6.45) is -3.49. The highest BCUT2D eigenvalue weighted by atomic mass is 35.5. The summed E-state index contributed by atoms with van der Waals surface area (Å²) in [7, 11) is 0. The molecule has 118 valence electrons. The third kappa shape index (κ3) is 5.81. The number of urea groups is 1. The molecule has 0 radical (unpaired) electrons. The van der Waals surface area contributed by atoms with Gasteiger partial charge in [-0.05, 0) is 38.0 Å². The van der Waals surface area contributed by atoms with Crippen LogP contribution in [0.15, 0.2) is 18.2 Å². The molecular formula is C13H16ClF3N2O2. The number of alkyl halides is 3. The summed E-state index contributed by atoms with van der Waals surface area (Å²) in [5.41, 5.74) is -1.01. The Bertz CT molecular complexity index is 495. The van der Waals surface area contributed by atoms with Gasteiger partial charge in [0.15, 0.2) is 0 Å². The molecule has 0 aliphatic carbocycles. The van der Waals surface area contributed by atoms with Crippen molar-refractivity contribution in [2.24, 2.45) is 0 Å². The van der Waals surface area contributed by atoms with E-state index < -0.39 is 22.8 Å². The summed E-state index contributed by atoms with van der Waals surface area (Å²) >= 11 is 5.49. The third-order valence-corrected chi connectivity index (χ3v) is 3.03. The Hall–Kier alpha value is -1.47. The number of carbonyl (C=O) groups is 1. The van der Waals surface area contributed by atoms with Gasteiger partial charge >= 0.3 is 12.2 Å². The summed E-state index contributed by atoms with van der Waals surface area (Å²) in [6.45, 7) is 1.75. The smallest absolute Gasteiger partial charge is 0.396 e. The third-order valence-electron chi connectivity index (χ3n) is 2.70. The lowest BCUT2D eigenvalue weighted by atomic mass is 10.2. The molecule has 0 saturated heterocycles. The van der Waals surface area contributed by atoms with E-state index in [4.69, 9.17) is 16.7 Å². The number of aliphatic hydroxyl groups excluding tert-OH is 1. The fourth-order valence-corrected chi connectivity index (χ4v) is 1.91. The molecule has 1 unspecified atom stereocenters. The second kappa shape index (κ2) is 7.51. The van der Waals surface area contributed by atoms with E-state index in [9.17, 15) is 18.0 Å². The molecule has 21 heavy (non-hydrogen) atoms. The van der Waals surface area contributed by atoms with E-state index in [0.717, 1.165) is 12.1 Å². The maximum absolute atomic E-state index is 12.7. The first-order valence-corrected chi connectivity index (χ1v) is 6.67. The number of carbonyl (C=O) groups excluding carboxylic acids is 1. The van der Waals surface area contributed by atoms with Crippen molar-refractivity contribution in [3.63, 3.8) is 0 Å². The van der Waals surface area contributed by atoms with Crippen LogP contribution < -0.4 is 10.6 Å². The van der Waals surface area contributed by atoms with Gasteiger partial charge in [0, 0.05) is 18.3 Å². The molecule has 0 aliphatic rings. The Morgan fingerprint density at radius 1 is 1.43 bits per heavy atom. The number of hydrogen-bond acceptors (Lipinski definition) is 2. The number of nitrogens with one attached hydrogen (secondary N) is 2. The van der Waals surface area contributed by atoms with Gasteiger partial charge in [0.1, 0.15) is 0 Å². The number of aliphatic hydroxyl groups is 1. The van der Waals surface area contributed by atoms with Crippen LogP contribution in [-0.2, 0) is 6.18 Å². The van der Waals surface area contributed by atoms with E-state index in [2.05, 4.69) is 10.6 Å². The molecule has 1 rings (SSSR count). The molecule has 0 bridgehead atoms. The van der Waals surface area contributed by atoms with Gasteiger partial charge in [-0.25, -0.2) is 4.79 Å². The second-order valence-corrected chi connectivity index (χ2v) is 4.96. The number of benzene rings is 1. The highest BCUT2D eigenvalue weighted by Gasteiger charge is 2.33. The van der Waals surface area contributed by atoms with Crippen molar-refractivity contribution in [2.45, 2.75) is 32.0 Å². The topological polar surface area (TPSA) is 61.4 Å². The van der Waals surface area contributed by atoms with Gasteiger partial charge in [0.25, 0.3) is 0 Å². The molecule has 3 N–H and O–H groups in total. The Morgan fingerprint density at radius 2 is 2.10 bits per heavy atom. The minimum absolute atomic E-state index is 0.00131. The lowest BCUT2D eigenvalue weighted by Crippen LogP contribution is -2.36. The Balaban J connectivity index is 2.69. The predicted molar refractivity (Wildman–Crippen MR) is 74.4 cm³/mol. The van der Waals surface area contributed by atoms with Crippen LogP contribution in [0, 0.1) is 0 Å². The van der Waals surface area contributed by atoms with E-state index in [1.165, 1.54) is 6.07 Å². The zero-order chi connectivity index (χ0) is 16.0. The van der Waals surface area contributed by atoms with Gasteiger partial charge in [-0.2, -0.15) is 13.2 Å². The van der Waals surface area contributed by atoms with Crippen molar-refractivity contribution in [3.05, 3.63) is 28.8 Å². The van der Waals surface area contributed by atoms with E-state index in [1.54, 1.807) is 6.92 Å². The van der Waals surface area contributed by atoms with E-state index in [1.807, 2.05) is 0 Å². The Kier molecular flexibility index (Phi) is 6.29. The highest BCUT2D eigenvalue weighted by molar-refractivity contribution is 6.31. The normalized spacial score (nSPS) is 12.9. The van der Waals surface area contributed by atoms with Crippen LogP contribution in [0.5, 0.6) is 0 Å². The number of halogens is 4. The molecule has 0 aromatic heterocycles. The molecule has 4 nitrogen and oxygen atoms in total. The van der Waals surface area contributed by atoms with Crippen molar-refractivity contribution >= 4 is 23.3 Å². The van der Waals surface area contributed by atoms with Crippen molar-refractivity contribution < 1.29 is 23.1 Å². The Morgan fingerprint density at radius 3 is 2.67 bits per heavy atom. The Labute approximate surface area is 125 Å². The number of rotatable bonds is 5. The molecule has 0 fully saturated rings. The molecule has 1 atom stereocenters. The summed E-state index contributed by atoms with van der Waals surface area (Å²) in [5, 5.41) is 13.1. The summed E-state index contributed by atoms with van der Waals surface area (Å²) in [4.78, 5) is 11.6. The van der Waals surface area contributed by atoms with Crippen molar-refractivity contribution in [1.29, 1.82) is 0 Å². The van der Waals surface area contributed by atoms with Gasteiger partial charge in [0.05, 0.1) is 10.6 Å². The largest absolute Gasteiger partial charge is 0.417 e. The lowest BCUT2D eigenvalue weighted by molar-refractivity contribution is -0.137. The van der Waals surface area contributed by atoms with Crippen LogP contribution in [0.25, 0.3) is 0 Å². The molecule has 0 spiro atoms. The number of amides is 2. The van der Waals surface area contributed by atoms with Crippen LogP contribution in [0.2, 0.25) is 5.02 Å². The minimum atomic E-state index is -4.58. The van der Waals surface area contributed by atoms with E-state index in [-0.39, 0.29) is 18.3 Å². The molecule has 2 amide bonds. The first-order valence-electron chi connectivity index (χ1n) is 6.29. The average Bonchev–Trinajstić information content (AvgIpc) is 2.37. The molecule has 1 aromatic carbocycles. The van der Waals surface area contributed by atoms with E-state index >= 15 is 0 Å². The molecule has 1 aromatic rings. The molecule has 8 heteroatoms. The SMILES string of the molecule is CC(CCCO)NC(=O)Nc1ccc(Cl)c(C(F)(F)F)c1. The molecule has 0 heterocycles. The van der Waals surface area contributed by atoms with Crippen LogP contribution in [0.4, 0.5) is 23.7 Å². The lowest BCUT2D eigenvalue weighted by Gasteiger charge is -2.15. The zero-order valence-corrected chi connectivity index (χ0v) is 12.1. The first-order chi connectivity index (χ1) is 9.74. The van der Waals surface area contributed by atoms with Crippen molar-refractivity contribution in [3.8, 4) is 0 Å². The van der Waals surface area contributed by atoms with Gasteiger partial charge in [-0.1, -0.05) is 11.6 Å². The standard InChI is InChI=1S/C13H16ClF3N2O2/c1-8(3-2-6-20)18-12(21)19-9-4-5-11(14)10(7-9)13(15,16)17/h4-5,7-8,20H,2-3,6H2,1H3,(H2,18,19,21). The van der Waals surface area contributed by atoms with Crippen LogP contribution >= 0.6 is 11.6 Å².